The summed E-state index contributed by atoms with van der Waals surface area (Å²) in [6.45, 7) is 1.12. The van der Waals surface area contributed by atoms with Crippen LogP contribution in [0.1, 0.15) is 33.9 Å². The molecule has 34 heavy (non-hydrogen) atoms. The maximum absolute atomic E-state index is 13.4. The van der Waals surface area contributed by atoms with E-state index in [0.717, 1.165) is 34.4 Å². The summed E-state index contributed by atoms with van der Waals surface area (Å²) in [4.78, 5) is 14.5. The Bertz CT molecular complexity index is 1180. The summed E-state index contributed by atoms with van der Waals surface area (Å²) in [7, 11) is 0. The Labute approximate surface area is 197 Å². The van der Waals surface area contributed by atoms with E-state index in [1.165, 1.54) is 12.1 Å². The lowest BCUT2D eigenvalue weighted by Crippen LogP contribution is -2.33. The number of carbonyl (C=O) groups is 1. The number of halogens is 1. The molecule has 2 unspecified atom stereocenters. The van der Waals surface area contributed by atoms with Gasteiger partial charge >= 0.3 is 0 Å². The second-order valence-corrected chi connectivity index (χ2v) is 8.34. The van der Waals surface area contributed by atoms with Crippen LogP contribution < -0.4 is 27.2 Å². The molecule has 1 amide bonds. The molecule has 0 fully saturated rings. The molecule has 0 bridgehead atoms. The molecule has 3 aliphatic heterocycles. The molecule has 0 aromatic heterocycles. The number of rotatable bonds is 7. The zero-order chi connectivity index (χ0) is 23.5. The normalized spacial score (nSPS) is 20.6. The van der Waals surface area contributed by atoms with Crippen molar-refractivity contribution >= 4 is 11.6 Å². The van der Waals surface area contributed by atoms with Crippen molar-refractivity contribution in [1.29, 1.82) is 0 Å². The second kappa shape index (κ2) is 9.54. The molecule has 174 valence electrons. The molecule has 0 aliphatic carbocycles. The van der Waals surface area contributed by atoms with E-state index >= 15 is 0 Å². The number of nitrogens with one attached hydrogen (secondary N) is 4. The van der Waals surface area contributed by atoms with Crippen LogP contribution in [0.3, 0.4) is 0 Å². The van der Waals surface area contributed by atoms with Gasteiger partial charge in [0.05, 0.1) is 11.7 Å². The molecule has 2 aromatic carbocycles. The standard InChI is InChI=1S/C26H27FN6O/c27-21-9-6-18(7-10-21)25-22(14-31-32-25)20-8-11-24-30-15-23(33(24)16-20)17-2-4-19(5-3-17)26(34)29-13-1-12-28/h2-11,14-16,24-25,30-32H,1,12-13,28H2,(H,29,34). The van der Waals surface area contributed by atoms with Crippen molar-refractivity contribution < 1.29 is 9.18 Å². The number of nitrogens with zero attached hydrogens (tertiary/aromatic N) is 1. The van der Waals surface area contributed by atoms with Crippen LogP contribution in [0.2, 0.25) is 0 Å². The summed E-state index contributed by atoms with van der Waals surface area (Å²) in [5.74, 6) is -0.351. The Balaban J connectivity index is 1.34. The van der Waals surface area contributed by atoms with Crippen molar-refractivity contribution in [3.05, 3.63) is 113 Å². The van der Waals surface area contributed by atoms with Crippen LogP contribution in [0.5, 0.6) is 0 Å². The Morgan fingerprint density at radius 2 is 1.88 bits per heavy atom. The minimum atomic E-state index is -0.253. The smallest absolute Gasteiger partial charge is 0.251 e. The maximum Gasteiger partial charge on any atom is 0.251 e. The Kier molecular flexibility index (Phi) is 6.16. The fraction of sp³-hybridized carbons (Fsp3) is 0.192. The van der Waals surface area contributed by atoms with Crippen LogP contribution in [-0.4, -0.2) is 30.1 Å². The first-order valence-corrected chi connectivity index (χ1v) is 11.3. The van der Waals surface area contributed by atoms with Gasteiger partial charge in [-0.2, -0.15) is 0 Å². The van der Waals surface area contributed by atoms with E-state index in [2.05, 4.69) is 44.7 Å². The highest BCUT2D eigenvalue weighted by atomic mass is 19.1. The van der Waals surface area contributed by atoms with Gasteiger partial charge in [-0.3, -0.25) is 4.79 Å². The summed E-state index contributed by atoms with van der Waals surface area (Å²) in [5.41, 5.74) is 17.6. The van der Waals surface area contributed by atoms with E-state index < -0.39 is 0 Å². The Morgan fingerprint density at radius 1 is 1.09 bits per heavy atom. The van der Waals surface area contributed by atoms with Gasteiger partial charge in [-0.15, -0.1) is 0 Å². The largest absolute Gasteiger partial charge is 0.366 e. The van der Waals surface area contributed by atoms with E-state index in [9.17, 15) is 9.18 Å². The summed E-state index contributed by atoms with van der Waals surface area (Å²) in [6, 6.07) is 14.0. The number of carbonyl (C=O) groups excluding carboxylic acids is 1. The first-order chi connectivity index (χ1) is 16.6. The van der Waals surface area contributed by atoms with Gasteiger partial charge in [0.2, 0.25) is 0 Å². The second-order valence-electron chi connectivity index (χ2n) is 8.34. The molecule has 8 heteroatoms. The van der Waals surface area contributed by atoms with Crippen molar-refractivity contribution in [3.63, 3.8) is 0 Å². The average molecular weight is 459 g/mol. The number of amides is 1. The number of nitrogens with two attached hydrogens (primary N) is 1. The Morgan fingerprint density at radius 3 is 2.65 bits per heavy atom. The van der Waals surface area contributed by atoms with Gasteiger partial charge < -0.3 is 26.7 Å². The van der Waals surface area contributed by atoms with Gasteiger partial charge in [-0.05, 0) is 60.0 Å². The third kappa shape index (κ3) is 4.33. The minimum Gasteiger partial charge on any atom is -0.366 e. The highest BCUT2D eigenvalue weighted by molar-refractivity contribution is 5.94. The molecule has 0 radical (unpaired) electrons. The van der Waals surface area contributed by atoms with Crippen molar-refractivity contribution in [1.82, 2.24) is 26.4 Å². The van der Waals surface area contributed by atoms with Gasteiger partial charge in [0, 0.05) is 36.3 Å². The predicted octanol–water partition coefficient (Wildman–Crippen LogP) is 2.62. The molecule has 0 saturated heterocycles. The molecule has 0 saturated carbocycles. The molecule has 5 rings (SSSR count). The van der Waals surface area contributed by atoms with E-state index in [-0.39, 0.29) is 23.9 Å². The molecule has 0 spiro atoms. The molecule has 2 aromatic rings. The van der Waals surface area contributed by atoms with Gasteiger partial charge in [0.15, 0.2) is 0 Å². The van der Waals surface area contributed by atoms with Gasteiger partial charge in [0.25, 0.3) is 5.91 Å². The van der Waals surface area contributed by atoms with Crippen LogP contribution in [0.4, 0.5) is 4.39 Å². The van der Waals surface area contributed by atoms with E-state index in [0.29, 0.717) is 18.7 Å². The van der Waals surface area contributed by atoms with Crippen LogP contribution >= 0.6 is 0 Å². The van der Waals surface area contributed by atoms with Crippen molar-refractivity contribution in [2.45, 2.75) is 18.6 Å². The number of hydrogen-bond donors (Lipinski definition) is 5. The number of fused-ring (bicyclic) bond motifs is 1. The first kappa shape index (κ1) is 21.9. The molecule has 6 N–H and O–H groups in total. The monoisotopic (exact) mass is 458 g/mol. The van der Waals surface area contributed by atoms with Gasteiger partial charge in [-0.1, -0.05) is 30.3 Å². The molecule has 3 aliphatic rings. The first-order valence-electron chi connectivity index (χ1n) is 11.3. The van der Waals surface area contributed by atoms with Crippen molar-refractivity contribution in [2.24, 2.45) is 5.73 Å². The summed E-state index contributed by atoms with van der Waals surface area (Å²) >= 11 is 0. The van der Waals surface area contributed by atoms with E-state index in [4.69, 9.17) is 5.73 Å². The SMILES string of the molecule is NCCCNC(=O)c1ccc(C2=CNC3C=CC(C4=CNNC4c4ccc(F)cc4)=CN23)cc1. The summed E-state index contributed by atoms with van der Waals surface area (Å²) in [6.07, 6.45) is 11.0. The predicted molar refractivity (Wildman–Crippen MR) is 130 cm³/mol. The van der Waals surface area contributed by atoms with Crippen LogP contribution in [-0.2, 0) is 0 Å². The number of hydrogen-bond acceptors (Lipinski definition) is 6. The average Bonchev–Trinajstić information content (AvgIpc) is 3.52. The number of benzene rings is 2. The molecular weight excluding hydrogens is 431 g/mol. The molecular formula is C26H27FN6O. The summed E-state index contributed by atoms with van der Waals surface area (Å²) in [5, 5.41) is 6.27. The van der Waals surface area contributed by atoms with Crippen molar-refractivity contribution in [2.75, 3.05) is 13.1 Å². The Hall–Kier alpha value is -3.88. The maximum atomic E-state index is 13.4. The highest BCUT2D eigenvalue weighted by Crippen LogP contribution is 2.35. The quantitative estimate of drug-likeness (QED) is 0.410. The lowest BCUT2D eigenvalue weighted by Gasteiger charge is -2.29. The van der Waals surface area contributed by atoms with Crippen LogP contribution in [0.25, 0.3) is 5.70 Å². The van der Waals surface area contributed by atoms with Crippen molar-refractivity contribution in [3.8, 4) is 0 Å². The lowest BCUT2D eigenvalue weighted by molar-refractivity contribution is 0.0953. The molecule has 2 atom stereocenters. The zero-order valence-electron chi connectivity index (χ0n) is 18.6. The lowest BCUT2D eigenvalue weighted by atomic mass is 9.93. The summed E-state index contributed by atoms with van der Waals surface area (Å²) < 4.78 is 13.4. The fourth-order valence-electron chi connectivity index (χ4n) is 4.29. The third-order valence-electron chi connectivity index (χ3n) is 6.12. The third-order valence-corrected chi connectivity index (χ3v) is 6.12. The highest BCUT2D eigenvalue weighted by Gasteiger charge is 2.30. The van der Waals surface area contributed by atoms with Crippen LogP contribution in [0.15, 0.2) is 90.4 Å². The number of allylic oxidation sites excluding steroid dienone is 1. The van der Waals surface area contributed by atoms with Gasteiger partial charge in [-0.25, -0.2) is 9.82 Å². The molecule has 7 nitrogen and oxygen atoms in total. The van der Waals surface area contributed by atoms with Gasteiger partial charge in [0.1, 0.15) is 12.0 Å². The van der Waals surface area contributed by atoms with E-state index in [1.54, 1.807) is 12.1 Å². The van der Waals surface area contributed by atoms with E-state index in [1.807, 2.05) is 36.7 Å². The fourth-order valence-corrected chi connectivity index (χ4v) is 4.29. The molecule has 3 heterocycles. The number of hydrazine groups is 1. The minimum absolute atomic E-state index is 0.0187. The zero-order valence-corrected chi connectivity index (χ0v) is 18.6. The topological polar surface area (TPSA) is 94.4 Å². The van der Waals surface area contributed by atoms with Crippen LogP contribution in [0, 0.1) is 5.82 Å².